The summed E-state index contributed by atoms with van der Waals surface area (Å²) in [7, 11) is 1.76. The van der Waals surface area contributed by atoms with Gasteiger partial charge >= 0.3 is 0 Å². The molecule has 8 nitrogen and oxygen atoms in total. The lowest BCUT2D eigenvalue weighted by Crippen LogP contribution is -2.41. The molecular weight excluding hydrogens is 370 g/mol. The molecular formula is C21H29N5O3. The van der Waals surface area contributed by atoms with Crippen LogP contribution in [0, 0.1) is 5.92 Å². The summed E-state index contributed by atoms with van der Waals surface area (Å²) in [6.45, 7) is 4.43. The van der Waals surface area contributed by atoms with Crippen molar-refractivity contribution in [2.45, 2.75) is 44.8 Å². The van der Waals surface area contributed by atoms with Crippen LogP contribution in [0.5, 0.6) is 0 Å². The molecule has 0 radical (unpaired) electrons. The fourth-order valence-electron chi connectivity index (χ4n) is 4.03. The van der Waals surface area contributed by atoms with Gasteiger partial charge in [0.15, 0.2) is 11.6 Å². The van der Waals surface area contributed by atoms with Crippen LogP contribution in [0.15, 0.2) is 24.5 Å². The van der Waals surface area contributed by atoms with E-state index in [4.69, 9.17) is 9.72 Å². The minimum absolute atomic E-state index is 0. The van der Waals surface area contributed by atoms with Gasteiger partial charge in [-0.15, -0.1) is 0 Å². The molecule has 4 rings (SSSR count). The predicted octanol–water partition coefficient (Wildman–Crippen LogP) is 2.59. The Morgan fingerprint density at radius 1 is 1.31 bits per heavy atom. The lowest BCUT2D eigenvalue weighted by molar-refractivity contribution is -0.115. The summed E-state index contributed by atoms with van der Waals surface area (Å²) in [6, 6.07) is 3.67. The van der Waals surface area contributed by atoms with E-state index in [2.05, 4.69) is 15.3 Å². The van der Waals surface area contributed by atoms with Gasteiger partial charge in [-0.05, 0) is 51.2 Å². The van der Waals surface area contributed by atoms with Crippen LogP contribution in [0.4, 0.5) is 11.6 Å². The molecule has 0 saturated heterocycles. The molecule has 1 aliphatic carbocycles. The van der Waals surface area contributed by atoms with Gasteiger partial charge in [0.2, 0.25) is 5.91 Å². The number of carbonyl (C=O) groups excluding carboxylic acids is 1. The van der Waals surface area contributed by atoms with Crippen LogP contribution < -0.4 is 10.2 Å². The molecule has 2 aliphatic rings. The highest BCUT2D eigenvalue weighted by Gasteiger charge is 2.31. The van der Waals surface area contributed by atoms with Crippen LogP contribution in [0.2, 0.25) is 0 Å². The quantitative estimate of drug-likeness (QED) is 0.797. The lowest BCUT2D eigenvalue weighted by atomic mass is 10.0. The van der Waals surface area contributed by atoms with Gasteiger partial charge < -0.3 is 20.1 Å². The van der Waals surface area contributed by atoms with E-state index in [9.17, 15) is 9.90 Å². The molecule has 0 aromatic carbocycles. The molecule has 29 heavy (non-hydrogen) atoms. The Balaban J connectivity index is 0.00000256. The summed E-state index contributed by atoms with van der Waals surface area (Å²) in [4.78, 5) is 27.7. The number of nitrogens with one attached hydrogen (secondary N) is 1. The third kappa shape index (κ3) is 4.23. The summed E-state index contributed by atoms with van der Waals surface area (Å²) in [5.41, 5.74) is 1.09. The molecule has 3 heterocycles. The second-order valence-electron chi connectivity index (χ2n) is 8.38. The van der Waals surface area contributed by atoms with Crippen molar-refractivity contribution in [3.8, 4) is 11.3 Å². The average Bonchev–Trinajstić information content (AvgIpc) is 3.15. The third-order valence-corrected chi connectivity index (χ3v) is 5.64. The fraction of sp³-hybridized carbons (Fsp3) is 0.524. The maximum absolute atomic E-state index is 12.1. The molecule has 1 amide bonds. The molecule has 2 atom stereocenters. The summed E-state index contributed by atoms with van der Waals surface area (Å²) >= 11 is 0. The van der Waals surface area contributed by atoms with E-state index in [1.165, 1.54) is 0 Å². The largest absolute Gasteiger partial charge is 0.384 e. The van der Waals surface area contributed by atoms with Crippen molar-refractivity contribution in [3.63, 3.8) is 0 Å². The summed E-state index contributed by atoms with van der Waals surface area (Å²) < 4.78 is 5.48. The number of hydrogen-bond acceptors (Lipinski definition) is 7. The molecule has 1 aliphatic heterocycles. The Bertz CT molecular complexity index is 901. The van der Waals surface area contributed by atoms with Crippen LogP contribution in [0.1, 0.15) is 40.2 Å². The smallest absolute Gasteiger partial charge is 0.245 e. The molecule has 156 valence electrons. The van der Waals surface area contributed by atoms with E-state index >= 15 is 0 Å². The second-order valence-corrected chi connectivity index (χ2v) is 8.38. The summed E-state index contributed by atoms with van der Waals surface area (Å²) in [6.07, 6.45) is 6.77. The van der Waals surface area contributed by atoms with E-state index in [1.807, 2.05) is 11.0 Å². The Labute approximate surface area is 171 Å². The van der Waals surface area contributed by atoms with Gasteiger partial charge in [-0.1, -0.05) is 0 Å². The molecule has 0 unspecified atom stereocenters. The fourth-order valence-corrected chi connectivity index (χ4v) is 4.03. The zero-order valence-corrected chi connectivity index (χ0v) is 17.1. The van der Waals surface area contributed by atoms with Crippen molar-refractivity contribution >= 4 is 17.5 Å². The number of fused-ring (bicyclic) bond motifs is 1. The van der Waals surface area contributed by atoms with E-state index < -0.39 is 5.60 Å². The van der Waals surface area contributed by atoms with E-state index in [0.29, 0.717) is 35.0 Å². The van der Waals surface area contributed by atoms with Crippen molar-refractivity contribution in [2.75, 3.05) is 30.4 Å². The van der Waals surface area contributed by atoms with Crippen LogP contribution >= 0.6 is 0 Å². The van der Waals surface area contributed by atoms with Gasteiger partial charge in [0.25, 0.3) is 0 Å². The Kier molecular flexibility index (Phi) is 5.23. The first-order valence-electron chi connectivity index (χ1n) is 9.97. The van der Waals surface area contributed by atoms with Crippen LogP contribution in [-0.4, -0.2) is 52.3 Å². The Hall–Kier alpha value is -2.58. The first-order valence-corrected chi connectivity index (χ1v) is 9.97. The highest BCUT2D eigenvalue weighted by atomic mass is 16.5. The zero-order chi connectivity index (χ0) is 20.6. The molecule has 2 N–H and O–H groups in total. The second kappa shape index (κ2) is 7.68. The van der Waals surface area contributed by atoms with Crippen molar-refractivity contribution in [1.82, 2.24) is 15.0 Å². The number of methoxy groups -OCH3 is 1. The SMILES string of the molecule is CO[C@H]1CC[C@@H](CN2CC(=O)Nc3ncc(-c4ccc(C(C)(C)O)nc4)nc32)C1.[HH]. The average molecular weight is 399 g/mol. The molecule has 1 fully saturated rings. The van der Waals surface area contributed by atoms with Crippen molar-refractivity contribution < 1.29 is 16.1 Å². The highest BCUT2D eigenvalue weighted by molar-refractivity contribution is 5.99. The Morgan fingerprint density at radius 3 is 2.79 bits per heavy atom. The molecule has 8 heteroatoms. The topological polar surface area (TPSA) is 100 Å². The minimum Gasteiger partial charge on any atom is -0.384 e. The maximum atomic E-state index is 12.1. The van der Waals surface area contributed by atoms with Gasteiger partial charge in [-0.25, -0.2) is 9.97 Å². The third-order valence-electron chi connectivity index (χ3n) is 5.64. The zero-order valence-electron chi connectivity index (χ0n) is 17.1. The van der Waals surface area contributed by atoms with Crippen molar-refractivity contribution in [1.29, 1.82) is 0 Å². The van der Waals surface area contributed by atoms with Crippen LogP contribution in [0.25, 0.3) is 11.3 Å². The molecule has 2 aromatic rings. The number of anilines is 2. The maximum Gasteiger partial charge on any atom is 0.245 e. The van der Waals surface area contributed by atoms with E-state index in [1.54, 1.807) is 39.4 Å². The monoisotopic (exact) mass is 399 g/mol. The van der Waals surface area contributed by atoms with Gasteiger partial charge in [-0.2, -0.15) is 0 Å². The predicted molar refractivity (Wildman–Crippen MR) is 112 cm³/mol. The summed E-state index contributed by atoms with van der Waals surface area (Å²) in [5.74, 6) is 1.58. The standard InChI is InChI=1S/C21H27N5O3.H2/c1-21(2,28)17-7-5-14(9-22-17)16-10-23-19-20(24-16)26(12-18(27)25-19)11-13-4-6-15(8-13)29-3;/h5,7,9-10,13,15,28H,4,6,8,11-12H2,1-3H3,(H,23,25,27);1H/t13-,15+;/m1./s1. The Morgan fingerprint density at radius 2 is 2.14 bits per heavy atom. The van der Waals surface area contributed by atoms with Crippen molar-refractivity contribution in [2.24, 2.45) is 5.92 Å². The van der Waals surface area contributed by atoms with Crippen molar-refractivity contribution in [3.05, 3.63) is 30.2 Å². The number of pyridine rings is 1. The van der Waals surface area contributed by atoms with Gasteiger partial charge in [0.1, 0.15) is 5.60 Å². The minimum atomic E-state index is -0.998. The molecule has 2 aromatic heterocycles. The lowest BCUT2D eigenvalue weighted by Gasteiger charge is -2.31. The normalized spacial score (nSPS) is 21.8. The van der Waals surface area contributed by atoms with Gasteiger partial charge in [0.05, 0.1) is 30.2 Å². The summed E-state index contributed by atoms with van der Waals surface area (Å²) in [5, 5.41) is 12.9. The van der Waals surface area contributed by atoms with Crippen LogP contribution in [0.3, 0.4) is 0 Å². The molecule has 1 saturated carbocycles. The first kappa shape index (κ1) is 19.7. The van der Waals surface area contributed by atoms with E-state index in [-0.39, 0.29) is 13.9 Å². The van der Waals surface area contributed by atoms with Gasteiger partial charge in [0, 0.05) is 26.8 Å². The number of carbonyl (C=O) groups is 1. The number of nitrogens with zero attached hydrogens (tertiary/aromatic N) is 4. The first-order chi connectivity index (χ1) is 13.8. The highest BCUT2D eigenvalue weighted by Crippen LogP contribution is 2.33. The molecule has 0 spiro atoms. The number of ether oxygens (including phenoxy) is 1. The number of rotatable bonds is 5. The number of hydrogen-bond donors (Lipinski definition) is 2. The van der Waals surface area contributed by atoms with Gasteiger partial charge in [-0.3, -0.25) is 9.78 Å². The van der Waals surface area contributed by atoms with E-state index in [0.717, 1.165) is 31.4 Å². The van der Waals surface area contributed by atoms with Crippen LogP contribution in [-0.2, 0) is 15.1 Å². The molecule has 0 bridgehead atoms. The number of amides is 1. The number of aromatic nitrogens is 3. The number of aliphatic hydroxyl groups is 1.